The summed E-state index contributed by atoms with van der Waals surface area (Å²) in [6.07, 6.45) is 0.169. The van der Waals surface area contributed by atoms with Gasteiger partial charge in [-0.05, 0) is 12.8 Å². The Bertz CT molecular complexity index is 313. The number of alkyl halides is 3. The van der Waals surface area contributed by atoms with Gasteiger partial charge in [-0.3, -0.25) is 4.79 Å². The number of amides is 1. The van der Waals surface area contributed by atoms with Gasteiger partial charge in [0, 0.05) is 13.1 Å². The van der Waals surface area contributed by atoms with E-state index in [9.17, 15) is 18.0 Å². The Morgan fingerprint density at radius 2 is 1.75 bits per heavy atom. The molecule has 0 aromatic carbocycles. The van der Waals surface area contributed by atoms with Crippen LogP contribution >= 0.6 is 0 Å². The van der Waals surface area contributed by atoms with Crippen LogP contribution in [0.25, 0.3) is 0 Å². The summed E-state index contributed by atoms with van der Waals surface area (Å²) < 4.78 is 37.7. The van der Waals surface area contributed by atoms with Crippen LogP contribution in [0.5, 0.6) is 0 Å². The van der Waals surface area contributed by atoms with Gasteiger partial charge in [-0.15, -0.1) is 0 Å². The second kappa shape index (κ2) is 7.26. The van der Waals surface area contributed by atoms with Crippen molar-refractivity contribution in [2.45, 2.75) is 44.7 Å². The van der Waals surface area contributed by atoms with Gasteiger partial charge in [0.15, 0.2) is 0 Å². The molecule has 7 heteroatoms. The number of hydrogen-bond donors (Lipinski definition) is 2. The molecule has 4 nitrogen and oxygen atoms in total. The highest BCUT2D eigenvalue weighted by molar-refractivity contribution is 5.83. The number of aliphatic hydroxyl groups is 1. The fourth-order valence-electron chi connectivity index (χ4n) is 2.84. The van der Waals surface area contributed by atoms with Gasteiger partial charge in [-0.1, -0.05) is 25.7 Å². The molecule has 1 rings (SSSR count). The van der Waals surface area contributed by atoms with Crippen LogP contribution in [-0.2, 0) is 4.79 Å². The summed E-state index contributed by atoms with van der Waals surface area (Å²) in [5.74, 6) is -0.562. The summed E-state index contributed by atoms with van der Waals surface area (Å²) in [7, 11) is 0. The molecule has 0 saturated heterocycles. The van der Waals surface area contributed by atoms with Crippen molar-refractivity contribution in [3.63, 3.8) is 0 Å². The van der Waals surface area contributed by atoms with E-state index in [0.29, 0.717) is 17.7 Å². The molecule has 1 fully saturated rings. The van der Waals surface area contributed by atoms with Gasteiger partial charge in [-0.25, -0.2) is 0 Å². The largest absolute Gasteiger partial charge is 0.406 e. The van der Waals surface area contributed by atoms with Gasteiger partial charge in [0.2, 0.25) is 5.91 Å². The SMILES string of the molecule is NCC1(C(=O)N(CCO)CC(F)(F)F)CCCCCC1. The van der Waals surface area contributed by atoms with Gasteiger partial charge in [0.25, 0.3) is 0 Å². The molecule has 1 aliphatic carbocycles. The van der Waals surface area contributed by atoms with Crippen molar-refractivity contribution in [2.24, 2.45) is 11.1 Å². The molecule has 1 aliphatic rings. The Kier molecular flexibility index (Phi) is 6.26. The lowest BCUT2D eigenvalue weighted by molar-refractivity contribution is -0.169. The number of nitrogens with two attached hydrogens (primary N) is 1. The van der Waals surface area contributed by atoms with E-state index in [4.69, 9.17) is 10.8 Å². The normalized spacial score (nSPS) is 19.4. The summed E-state index contributed by atoms with van der Waals surface area (Å²) in [6.45, 7) is -2.05. The van der Waals surface area contributed by atoms with E-state index >= 15 is 0 Å². The molecule has 118 valence electrons. The van der Waals surface area contributed by atoms with E-state index in [1.807, 2.05) is 0 Å². The second-order valence-corrected chi connectivity index (χ2v) is 5.46. The van der Waals surface area contributed by atoms with E-state index in [0.717, 1.165) is 25.7 Å². The molecular weight excluding hydrogens is 273 g/mol. The van der Waals surface area contributed by atoms with Crippen LogP contribution in [-0.4, -0.2) is 48.3 Å². The monoisotopic (exact) mass is 296 g/mol. The summed E-state index contributed by atoms with van der Waals surface area (Å²) in [5.41, 5.74) is 4.82. The molecule has 0 heterocycles. The Morgan fingerprint density at radius 1 is 1.20 bits per heavy atom. The van der Waals surface area contributed by atoms with Crippen molar-refractivity contribution in [3.05, 3.63) is 0 Å². The van der Waals surface area contributed by atoms with Crippen molar-refractivity contribution in [1.29, 1.82) is 0 Å². The number of carbonyl (C=O) groups excluding carboxylic acids is 1. The van der Waals surface area contributed by atoms with Crippen molar-refractivity contribution < 1.29 is 23.1 Å². The zero-order chi connectivity index (χ0) is 15.2. The zero-order valence-electron chi connectivity index (χ0n) is 11.6. The molecule has 3 N–H and O–H groups in total. The zero-order valence-corrected chi connectivity index (χ0v) is 11.6. The van der Waals surface area contributed by atoms with Crippen molar-refractivity contribution >= 4 is 5.91 Å². The van der Waals surface area contributed by atoms with Crippen LogP contribution < -0.4 is 5.73 Å². The standard InChI is InChI=1S/C13H23F3N2O2/c14-13(15,16)10-18(7-8-19)11(20)12(9-17)5-3-1-2-4-6-12/h19H,1-10,17H2. The summed E-state index contributed by atoms with van der Waals surface area (Å²) in [4.78, 5) is 13.2. The van der Waals surface area contributed by atoms with Crippen molar-refractivity contribution in [3.8, 4) is 0 Å². The van der Waals surface area contributed by atoms with Gasteiger partial charge >= 0.3 is 6.18 Å². The number of rotatable bonds is 5. The highest BCUT2D eigenvalue weighted by Crippen LogP contribution is 2.36. The molecule has 1 amide bonds. The summed E-state index contributed by atoms with van der Waals surface area (Å²) >= 11 is 0. The third-order valence-electron chi connectivity index (χ3n) is 3.93. The van der Waals surface area contributed by atoms with E-state index in [1.54, 1.807) is 0 Å². The molecule has 0 radical (unpaired) electrons. The number of aliphatic hydroxyl groups excluding tert-OH is 1. The third-order valence-corrected chi connectivity index (χ3v) is 3.93. The first-order valence-corrected chi connectivity index (χ1v) is 7.02. The first kappa shape index (κ1) is 17.2. The lowest BCUT2D eigenvalue weighted by Crippen LogP contribution is -2.51. The fourth-order valence-corrected chi connectivity index (χ4v) is 2.84. The van der Waals surface area contributed by atoms with Crippen LogP contribution in [0.1, 0.15) is 38.5 Å². The maximum atomic E-state index is 12.6. The topological polar surface area (TPSA) is 66.6 Å². The van der Waals surface area contributed by atoms with Crippen LogP contribution in [0, 0.1) is 5.41 Å². The van der Waals surface area contributed by atoms with E-state index in [2.05, 4.69) is 0 Å². The molecule has 0 atom stereocenters. The molecule has 0 unspecified atom stereocenters. The van der Waals surface area contributed by atoms with E-state index in [-0.39, 0.29) is 13.1 Å². The minimum absolute atomic E-state index is 0.0611. The predicted molar refractivity (Wildman–Crippen MR) is 68.9 cm³/mol. The number of halogens is 3. The Morgan fingerprint density at radius 3 is 2.15 bits per heavy atom. The van der Waals surface area contributed by atoms with Gasteiger partial charge in [-0.2, -0.15) is 13.2 Å². The maximum absolute atomic E-state index is 12.6. The molecule has 0 spiro atoms. The quantitative estimate of drug-likeness (QED) is 0.758. The molecule has 0 bridgehead atoms. The fraction of sp³-hybridized carbons (Fsp3) is 0.923. The molecule has 0 aliphatic heterocycles. The molecule has 0 aromatic rings. The molecule has 1 saturated carbocycles. The van der Waals surface area contributed by atoms with Crippen LogP contribution in [0.4, 0.5) is 13.2 Å². The lowest BCUT2D eigenvalue weighted by Gasteiger charge is -2.36. The first-order chi connectivity index (χ1) is 9.34. The number of carbonyl (C=O) groups is 1. The van der Waals surface area contributed by atoms with Crippen molar-refractivity contribution in [1.82, 2.24) is 4.90 Å². The Hall–Kier alpha value is -0.820. The van der Waals surface area contributed by atoms with Crippen LogP contribution in [0.3, 0.4) is 0 Å². The average Bonchev–Trinajstić information content (AvgIpc) is 2.62. The molecular formula is C13H23F3N2O2. The maximum Gasteiger partial charge on any atom is 0.406 e. The highest BCUT2D eigenvalue weighted by Gasteiger charge is 2.43. The second-order valence-electron chi connectivity index (χ2n) is 5.46. The van der Waals surface area contributed by atoms with E-state index < -0.39 is 30.7 Å². The minimum atomic E-state index is -4.47. The summed E-state index contributed by atoms with van der Waals surface area (Å²) in [6, 6.07) is 0. The van der Waals surface area contributed by atoms with Crippen LogP contribution in [0.15, 0.2) is 0 Å². The van der Waals surface area contributed by atoms with Crippen LogP contribution in [0.2, 0.25) is 0 Å². The van der Waals surface area contributed by atoms with Gasteiger partial charge in [0.1, 0.15) is 6.54 Å². The number of hydrogen-bond acceptors (Lipinski definition) is 3. The number of nitrogens with zero attached hydrogens (tertiary/aromatic N) is 1. The summed E-state index contributed by atoms with van der Waals surface area (Å²) in [5, 5.41) is 8.90. The lowest BCUT2D eigenvalue weighted by atomic mass is 9.79. The van der Waals surface area contributed by atoms with Gasteiger partial charge in [0.05, 0.1) is 12.0 Å². The minimum Gasteiger partial charge on any atom is -0.395 e. The Balaban J connectivity index is 2.89. The van der Waals surface area contributed by atoms with Crippen molar-refractivity contribution in [2.75, 3.05) is 26.2 Å². The molecule has 20 heavy (non-hydrogen) atoms. The Labute approximate surface area is 117 Å². The predicted octanol–water partition coefficient (Wildman–Crippen LogP) is 1.67. The average molecular weight is 296 g/mol. The smallest absolute Gasteiger partial charge is 0.395 e. The third kappa shape index (κ3) is 4.63. The molecule has 0 aromatic heterocycles. The van der Waals surface area contributed by atoms with E-state index in [1.165, 1.54) is 0 Å². The first-order valence-electron chi connectivity index (χ1n) is 7.02. The highest BCUT2D eigenvalue weighted by atomic mass is 19.4. The van der Waals surface area contributed by atoms with Gasteiger partial charge < -0.3 is 15.7 Å².